The van der Waals surface area contributed by atoms with Crippen LogP contribution in [0.1, 0.15) is 13.8 Å². The largest absolute Gasteiger partial charge is 0.367 e. The van der Waals surface area contributed by atoms with Crippen molar-refractivity contribution in [1.82, 2.24) is 0 Å². The molecule has 0 atom stereocenters. The summed E-state index contributed by atoms with van der Waals surface area (Å²) in [5.41, 5.74) is 6.63. The lowest BCUT2D eigenvalue weighted by atomic mass is 10.2. The monoisotopic (exact) mass is 212 g/mol. The first-order valence-electron chi connectivity index (χ1n) is 4.88. The predicted molar refractivity (Wildman–Crippen MR) is 63.0 cm³/mol. The Labute approximate surface area is 90.7 Å². The Morgan fingerprint density at radius 1 is 1.36 bits per heavy atom. The molecule has 0 saturated heterocycles. The van der Waals surface area contributed by atoms with Crippen molar-refractivity contribution in [3.05, 3.63) is 29.3 Å². The number of hydrogen-bond donors (Lipinski definition) is 1. The summed E-state index contributed by atoms with van der Waals surface area (Å²) in [6.07, 6.45) is 0. The van der Waals surface area contributed by atoms with Gasteiger partial charge in [0.25, 0.3) is 0 Å². The number of rotatable bonds is 4. The van der Waals surface area contributed by atoms with Crippen LogP contribution in [0.4, 0.5) is 5.69 Å². The summed E-state index contributed by atoms with van der Waals surface area (Å²) in [7, 11) is 0. The molecular formula is C11H17ClN2. The quantitative estimate of drug-likeness (QED) is 0.831. The molecule has 0 spiro atoms. The highest BCUT2D eigenvalue weighted by Gasteiger charge is 2.11. The topological polar surface area (TPSA) is 29.3 Å². The van der Waals surface area contributed by atoms with Crippen LogP contribution >= 0.6 is 11.6 Å². The molecule has 3 heteroatoms. The van der Waals surface area contributed by atoms with E-state index < -0.39 is 0 Å². The third-order valence-electron chi connectivity index (χ3n) is 2.16. The van der Waals surface area contributed by atoms with Crippen LogP contribution in [0.3, 0.4) is 0 Å². The lowest BCUT2D eigenvalue weighted by molar-refractivity contribution is 0.684. The van der Waals surface area contributed by atoms with Gasteiger partial charge in [0.15, 0.2) is 0 Å². The van der Waals surface area contributed by atoms with E-state index in [0.29, 0.717) is 12.6 Å². The summed E-state index contributed by atoms with van der Waals surface area (Å²) in [6, 6.07) is 8.28. The van der Waals surface area contributed by atoms with Crippen molar-refractivity contribution in [2.75, 3.05) is 18.0 Å². The van der Waals surface area contributed by atoms with Crippen LogP contribution in [0.2, 0.25) is 5.02 Å². The fraction of sp³-hybridized carbons (Fsp3) is 0.455. The molecule has 1 rings (SSSR count). The number of anilines is 1. The molecule has 0 radical (unpaired) electrons. The van der Waals surface area contributed by atoms with Gasteiger partial charge in [-0.15, -0.1) is 0 Å². The molecule has 2 N–H and O–H groups in total. The average Bonchev–Trinajstić information content (AvgIpc) is 2.15. The maximum atomic E-state index is 6.12. The first kappa shape index (κ1) is 11.3. The highest BCUT2D eigenvalue weighted by molar-refractivity contribution is 6.33. The van der Waals surface area contributed by atoms with Gasteiger partial charge in [0, 0.05) is 19.1 Å². The number of halogens is 1. The second-order valence-electron chi connectivity index (χ2n) is 3.53. The van der Waals surface area contributed by atoms with Crippen molar-refractivity contribution in [1.29, 1.82) is 0 Å². The fourth-order valence-corrected chi connectivity index (χ4v) is 1.72. The standard InChI is InChI=1S/C11H17ClN2/c1-9(2)14(8-7-13)11-6-4-3-5-10(11)12/h3-6,9H,7-8,13H2,1-2H3. The summed E-state index contributed by atoms with van der Waals surface area (Å²) in [4.78, 5) is 2.21. The number of hydrogen-bond acceptors (Lipinski definition) is 2. The minimum absolute atomic E-state index is 0.415. The summed E-state index contributed by atoms with van der Waals surface area (Å²) in [5, 5.41) is 0.787. The van der Waals surface area contributed by atoms with E-state index in [9.17, 15) is 0 Å². The molecule has 0 aliphatic heterocycles. The zero-order chi connectivity index (χ0) is 10.6. The number of benzene rings is 1. The van der Waals surface area contributed by atoms with Crippen molar-refractivity contribution in [3.8, 4) is 0 Å². The van der Waals surface area contributed by atoms with E-state index in [1.54, 1.807) is 0 Å². The maximum Gasteiger partial charge on any atom is 0.0639 e. The van der Waals surface area contributed by atoms with E-state index in [1.807, 2.05) is 24.3 Å². The molecule has 0 aliphatic carbocycles. The molecule has 0 bridgehead atoms. The molecular weight excluding hydrogens is 196 g/mol. The van der Waals surface area contributed by atoms with E-state index in [1.165, 1.54) is 0 Å². The first-order valence-corrected chi connectivity index (χ1v) is 5.26. The van der Waals surface area contributed by atoms with Crippen molar-refractivity contribution < 1.29 is 0 Å². The van der Waals surface area contributed by atoms with Crippen molar-refractivity contribution in [2.45, 2.75) is 19.9 Å². The molecule has 2 nitrogen and oxygen atoms in total. The van der Waals surface area contributed by atoms with Crippen molar-refractivity contribution in [3.63, 3.8) is 0 Å². The molecule has 14 heavy (non-hydrogen) atoms. The Bertz CT molecular complexity index is 286. The first-order chi connectivity index (χ1) is 6.66. The summed E-state index contributed by atoms with van der Waals surface area (Å²) < 4.78 is 0. The van der Waals surface area contributed by atoms with Gasteiger partial charge in [0.2, 0.25) is 0 Å². The molecule has 0 aromatic heterocycles. The second-order valence-corrected chi connectivity index (χ2v) is 3.93. The zero-order valence-corrected chi connectivity index (χ0v) is 9.46. The molecule has 0 heterocycles. The Balaban J connectivity index is 2.93. The number of nitrogens with zero attached hydrogens (tertiary/aromatic N) is 1. The van der Waals surface area contributed by atoms with Crippen LogP contribution in [0, 0.1) is 0 Å². The van der Waals surface area contributed by atoms with Gasteiger partial charge in [-0.1, -0.05) is 23.7 Å². The van der Waals surface area contributed by atoms with Crippen LogP contribution in [0.5, 0.6) is 0 Å². The van der Waals surface area contributed by atoms with Gasteiger partial charge in [-0.2, -0.15) is 0 Å². The SMILES string of the molecule is CC(C)N(CCN)c1ccccc1Cl. The molecule has 0 unspecified atom stereocenters. The van der Waals surface area contributed by atoms with Gasteiger partial charge in [0.1, 0.15) is 0 Å². The molecule has 0 aliphatic rings. The molecule has 0 saturated carbocycles. The van der Waals surface area contributed by atoms with E-state index in [-0.39, 0.29) is 0 Å². The van der Waals surface area contributed by atoms with Crippen molar-refractivity contribution >= 4 is 17.3 Å². The summed E-state index contributed by atoms with van der Waals surface area (Å²) >= 11 is 6.12. The second kappa shape index (κ2) is 5.23. The minimum atomic E-state index is 0.415. The van der Waals surface area contributed by atoms with Crippen molar-refractivity contribution in [2.24, 2.45) is 5.73 Å². The molecule has 1 aromatic carbocycles. The summed E-state index contributed by atoms with van der Waals surface area (Å²) in [5.74, 6) is 0. The summed E-state index contributed by atoms with van der Waals surface area (Å²) in [6.45, 7) is 5.75. The minimum Gasteiger partial charge on any atom is -0.367 e. The Morgan fingerprint density at radius 2 is 2.00 bits per heavy atom. The highest BCUT2D eigenvalue weighted by Crippen LogP contribution is 2.26. The molecule has 0 fully saturated rings. The maximum absolute atomic E-state index is 6.12. The van der Waals surface area contributed by atoms with Gasteiger partial charge in [0.05, 0.1) is 10.7 Å². The number of nitrogens with two attached hydrogens (primary N) is 1. The van der Waals surface area contributed by atoms with Crippen LogP contribution in [-0.2, 0) is 0 Å². The van der Waals surface area contributed by atoms with Gasteiger partial charge in [-0.05, 0) is 26.0 Å². The highest BCUT2D eigenvalue weighted by atomic mass is 35.5. The Kier molecular flexibility index (Phi) is 4.23. The van der Waals surface area contributed by atoms with E-state index in [2.05, 4.69) is 18.7 Å². The van der Waals surface area contributed by atoms with E-state index >= 15 is 0 Å². The third-order valence-corrected chi connectivity index (χ3v) is 2.47. The van der Waals surface area contributed by atoms with E-state index in [4.69, 9.17) is 17.3 Å². The van der Waals surface area contributed by atoms with Crippen LogP contribution in [-0.4, -0.2) is 19.1 Å². The molecule has 1 aromatic rings. The van der Waals surface area contributed by atoms with E-state index in [0.717, 1.165) is 17.3 Å². The van der Waals surface area contributed by atoms with Crippen LogP contribution in [0.25, 0.3) is 0 Å². The predicted octanol–water partition coefficient (Wildman–Crippen LogP) is 2.51. The number of para-hydroxylation sites is 1. The van der Waals surface area contributed by atoms with Gasteiger partial charge >= 0.3 is 0 Å². The van der Waals surface area contributed by atoms with Gasteiger partial charge < -0.3 is 10.6 Å². The smallest absolute Gasteiger partial charge is 0.0639 e. The van der Waals surface area contributed by atoms with Gasteiger partial charge in [-0.3, -0.25) is 0 Å². The molecule has 0 amide bonds. The van der Waals surface area contributed by atoms with Gasteiger partial charge in [-0.25, -0.2) is 0 Å². The zero-order valence-electron chi connectivity index (χ0n) is 8.70. The average molecular weight is 213 g/mol. The Hall–Kier alpha value is -0.730. The Morgan fingerprint density at radius 3 is 2.50 bits per heavy atom. The lowest BCUT2D eigenvalue weighted by Gasteiger charge is -2.29. The molecule has 78 valence electrons. The van der Waals surface area contributed by atoms with Crippen LogP contribution < -0.4 is 10.6 Å². The lowest BCUT2D eigenvalue weighted by Crippen LogP contribution is -2.35. The third kappa shape index (κ3) is 2.63. The normalized spacial score (nSPS) is 10.6. The van der Waals surface area contributed by atoms with Crippen LogP contribution in [0.15, 0.2) is 24.3 Å². The fourth-order valence-electron chi connectivity index (χ4n) is 1.48.